The Morgan fingerprint density at radius 3 is 2.79 bits per heavy atom. The van der Waals surface area contributed by atoms with Gasteiger partial charge in [0, 0.05) is 5.39 Å². The fourth-order valence-electron chi connectivity index (χ4n) is 1.46. The summed E-state index contributed by atoms with van der Waals surface area (Å²) in [6, 6.07) is 10.3. The van der Waals surface area contributed by atoms with Crippen LogP contribution in [0.1, 0.15) is 5.56 Å². The van der Waals surface area contributed by atoms with E-state index in [1.807, 2.05) is 6.07 Å². The molecular formula is C11H11BrN2. The molecule has 2 aromatic rings. The second-order valence-corrected chi connectivity index (χ2v) is 4.01. The van der Waals surface area contributed by atoms with Crippen molar-refractivity contribution in [3.05, 3.63) is 40.5 Å². The first kappa shape index (κ1) is 9.62. The minimum Gasteiger partial charge on any atom is -0.330 e. The normalized spacial score (nSPS) is 10.7. The Bertz CT molecular complexity index is 454. The average Bonchev–Trinajstić information content (AvgIpc) is 2.17. The molecule has 72 valence electrons. The van der Waals surface area contributed by atoms with Gasteiger partial charge in [-0.25, -0.2) is 4.98 Å². The van der Waals surface area contributed by atoms with Crippen molar-refractivity contribution >= 4 is 26.8 Å². The standard InChI is InChI=1S/C11H11BrN2/c12-11-4-3-9-2-1-8(5-6-13)7-10(9)14-11/h1-4,7H,5-6,13H2. The van der Waals surface area contributed by atoms with Crippen molar-refractivity contribution in [3.63, 3.8) is 0 Å². The topological polar surface area (TPSA) is 38.9 Å². The number of nitrogens with zero attached hydrogens (tertiary/aromatic N) is 1. The van der Waals surface area contributed by atoms with Crippen molar-refractivity contribution in [1.29, 1.82) is 0 Å². The number of hydrogen-bond acceptors (Lipinski definition) is 2. The molecule has 2 rings (SSSR count). The van der Waals surface area contributed by atoms with Crippen LogP contribution in [0.2, 0.25) is 0 Å². The summed E-state index contributed by atoms with van der Waals surface area (Å²) in [5.74, 6) is 0. The fourth-order valence-corrected chi connectivity index (χ4v) is 1.78. The first-order chi connectivity index (χ1) is 6.79. The molecule has 14 heavy (non-hydrogen) atoms. The van der Waals surface area contributed by atoms with E-state index < -0.39 is 0 Å². The van der Waals surface area contributed by atoms with E-state index in [0.29, 0.717) is 6.54 Å². The van der Waals surface area contributed by atoms with Crippen LogP contribution in [0, 0.1) is 0 Å². The molecule has 0 spiro atoms. The Balaban J connectivity index is 2.52. The van der Waals surface area contributed by atoms with Gasteiger partial charge in [-0.3, -0.25) is 0 Å². The van der Waals surface area contributed by atoms with E-state index in [4.69, 9.17) is 5.73 Å². The molecule has 0 aliphatic heterocycles. The Morgan fingerprint density at radius 2 is 2.00 bits per heavy atom. The minimum atomic E-state index is 0.680. The van der Waals surface area contributed by atoms with E-state index in [1.165, 1.54) is 5.56 Å². The summed E-state index contributed by atoms with van der Waals surface area (Å²) in [6.07, 6.45) is 0.907. The quantitative estimate of drug-likeness (QED) is 0.833. The third kappa shape index (κ3) is 1.94. The molecule has 0 saturated carbocycles. The summed E-state index contributed by atoms with van der Waals surface area (Å²) in [5, 5.41) is 1.16. The Labute approximate surface area is 91.3 Å². The van der Waals surface area contributed by atoms with Gasteiger partial charge in [-0.1, -0.05) is 18.2 Å². The molecule has 0 saturated heterocycles. The van der Waals surface area contributed by atoms with Gasteiger partial charge < -0.3 is 5.73 Å². The minimum absolute atomic E-state index is 0.680. The summed E-state index contributed by atoms with van der Waals surface area (Å²) in [6.45, 7) is 0.680. The average molecular weight is 251 g/mol. The maximum Gasteiger partial charge on any atom is 0.106 e. The van der Waals surface area contributed by atoms with Gasteiger partial charge in [0.05, 0.1) is 5.52 Å². The monoisotopic (exact) mass is 250 g/mol. The maximum atomic E-state index is 5.50. The smallest absolute Gasteiger partial charge is 0.106 e. The third-order valence-corrected chi connectivity index (χ3v) is 2.60. The lowest BCUT2D eigenvalue weighted by atomic mass is 10.1. The summed E-state index contributed by atoms with van der Waals surface area (Å²) < 4.78 is 0.870. The fraction of sp³-hybridized carbons (Fsp3) is 0.182. The van der Waals surface area contributed by atoms with Gasteiger partial charge in [0.1, 0.15) is 4.60 Å². The largest absolute Gasteiger partial charge is 0.330 e. The summed E-state index contributed by atoms with van der Waals surface area (Å²) in [4.78, 5) is 4.39. The molecule has 2 N–H and O–H groups in total. The van der Waals surface area contributed by atoms with E-state index in [2.05, 4.69) is 45.2 Å². The Morgan fingerprint density at radius 1 is 1.21 bits per heavy atom. The highest BCUT2D eigenvalue weighted by Crippen LogP contribution is 2.17. The molecule has 3 heteroatoms. The second-order valence-electron chi connectivity index (χ2n) is 3.20. The molecule has 1 heterocycles. The molecule has 1 aromatic heterocycles. The summed E-state index contributed by atoms with van der Waals surface area (Å²) in [7, 11) is 0. The predicted octanol–water partition coefficient (Wildman–Crippen LogP) is 2.50. The van der Waals surface area contributed by atoms with Gasteiger partial charge in [-0.15, -0.1) is 0 Å². The van der Waals surface area contributed by atoms with Crippen LogP contribution in [0.25, 0.3) is 10.9 Å². The highest BCUT2D eigenvalue weighted by Gasteiger charge is 1.97. The third-order valence-electron chi connectivity index (χ3n) is 2.16. The van der Waals surface area contributed by atoms with Crippen LogP contribution in [-0.2, 0) is 6.42 Å². The van der Waals surface area contributed by atoms with E-state index in [-0.39, 0.29) is 0 Å². The van der Waals surface area contributed by atoms with Crippen LogP contribution >= 0.6 is 15.9 Å². The van der Waals surface area contributed by atoms with Crippen molar-refractivity contribution in [1.82, 2.24) is 4.98 Å². The second kappa shape index (κ2) is 4.07. The summed E-state index contributed by atoms with van der Waals surface area (Å²) >= 11 is 3.36. The molecule has 2 nitrogen and oxygen atoms in total. The van der Waals surface area contributed by atoms with Crippen molar-refractivity contribution in [2.45, 2.75) is 6.42 Å². The van der Waals surface area contributed by atoms with Crippen LogP contribution in [0.5, 0.6) is 0 Å². The molecular weight excluding hydrogens is 240 g/mol. The van der Waals surface area contributed by atoms with E-state index in [0.717, 1.165) is 21.9 Å². The van der Waals surface area contributed by atoms with Crippen LogP contribution in [0.3, 0.4) is 0 Å². The number of rotatable bonds is 2. The van der Waals surface area contributed by atoms with E-state index >= 15 is 0 Å². The lowest BCUT2D eigenvalue weighted by molar-refractivity contribution is 0.970. The van der Waals surface area contributed by atoms with Gasteiger partial charge in [0.25, 0.3) is 0 Å². The zero-order valence-electron chi connectivity index (χ0n) is 7.70. The number of aromatic nitrogens is 1. The number of pyridine rings is 1. The number of nitrogens with two attached hydrogens (primary N) is 1. The van der Waals surface area contributed by atoms with Crippen LogP contribution in [-0.4, -0.2) is 11.5 Å². The van der Waals surface area contributed by atoms with Crippen LogP contribution < -0.4 is 5.73 Å². The lowest BCUT2D eigenvalue weighted by Crippen LogP contribution is -2.02. The van der Waals surface area contributed by atoms with Crippen molar-refractivity contribution in [2.24, 2.45) is 5.73 Å². The SMILES string of the molecule is NCCc1ccc2ccc(Br)nc2c1. The van der Waals surface area contributed by atoms with Crippen LogP contribution in [0.15, 0.2) is 34.9 Å². The highest BCUT2D eigenvalue weighted by molar-refractivity contribution is 9.10. The number of halogens is 1. The van der Waals surface area contributed by atoms with Gasteiger partial charge >= 0.3 is 0 Å². The molecule has 0 unspecified atom stereocenters. The van der Waals surface area contributed by atoms with Gasteiger partial charge in [0.2, 0.25) is 0 Å². The Kier molecular flexibility index (Phi) is 2.79. The molecule has 0 aliphatic carbocycles. The van der Waals surface area contributed by atoms with Crippen LogP contribution in [0.4, 0.5) is 0 Å². The van der Waals surface area contributed by atoms with Gasteiger partial charge in [-0.2, -0.15) is 0 Å². The lowest BCUT2D eigenvalue weighted by Gasteiger charge is -2.01. The van der Waals surface area contributed by atoms with E-state index in [9.17, 15) is 0 Å². The maximum absolute atomic E-state index is 5.50. The molecule has 0 bridgehead atoms. The molecule has 0 amide bonds. The Hall–Kier alpha value is -0.930. The van der Waals surface area contributed by atoms with Crippen molar-refractivity contribution in [2.75, 3.05) is 6.54 Å². The zero-order chi connectivity index (χ0) is 9.97. The first-order valence-electron chi connectivity index (χ1n) is 4.55. The molecule has 1 aromatic carbocycles. The first-order valence-corrected chi connectivity index (χ1v) is 5.34. The van der Waals surface area contributed by atoms with Gasteiger partial charge in [-0.05, 0) is 46.6 Å². The van der Waals surface area contributed by atoms with Gasteiger partial charge in [0.15, 0.2) is 0 Å². The van der Waals surface area contributed by atoms with Crippen molar-refractivity contribution < 1.29 is 0 Å². The molecule has 0 fully saturated rings. The molecule has 0 atom stereocenters. The number of benzene rings is 1. The molecule has 0 aliphatic rings. The van der Waals surface area contributed by atoms with E-state index in [1.54, 1.807) is 0 Å². The molecule has 0 radical (unpaired) electrons. The zero-order valence-corrected chi connectivity index (χ0v) is 9.29. The van der Waals surface area contributed by atoms with Crippen molar-refractivity contribution in [3.8, 4) is 0 Å². The highest BCUT2D eigenvalue weighted by atomic mass is 79.9. The number of hydrogen-bond donors (Lipinski definition) is 1. The summed E-state index contributed by atoms with van der Waals surface area (Å²) in [5.41, 5.74) is 7.76. The number of fused-ring (bicyclic) bond motifs is 1. The predicted molar refractivity (Wildman–Crippen MR) is 62.2 cm³/mol.